The molecular formula is C29H32N3OP. The van der Waals surface area contributed by atoms with E-state index in [-0.39, 0.29) is 0 Å². The van der Waals surface area contributed by atoms with Crippen molar-refractivity contribution in [2.75, 3.05) is 20.6 Å². The van der Waals surface area contributed by atoms with Gasteiger partial charge in [0.15, 0.2) is 0 Å². The van der Waals surface area contributed by atoms with Crippen molar-refractivity contribution in [1.29, 1.82) is 0 Å². The number of rotatable bonds is 8. The Hall–Kier alpha value is -3.36. The molecule has 1 aliphatic heterocycles. The highest BCUT2D eigenvalue weighted by atomic mass is 31.0. The van der Waals surface area contributed by atoms with Gasteiger partial charge in [-0.2, -0.15) is 0 Å². The van der Waals surface area contributed by atoms with Crippen molar-refractivity contribution in [3.05, 3.63) is 119 Å². The zero-order chi connectivity index (χ0) is 24.1. The van der Waals surface area contributed by atoms with Crippen LogP contribution in [0.15, 0.2) is 108 Å². The number of nitrogens with zero attached hydrogens (tertiary/aromatic N) is 3. The molecule has 3 aromatic carbocycles. The molecule has 4 rings (SSSR count). The van der Waals surface area contributed by atoms with Crippen LogP contribution < -0.4 is 10.0 Å². The van der Waals surface area contributed by atoms with Crippen LogP contribution in [0.4, 0.5) is 0 Å². The van der Waals surface area contributed by atoms with Gasteiger partial charge < -0.3 is 14.5 Å². The minimum absolute atomic E-state index is 0.520. The highest BCUT2D eigenvalue weighted by Gasteiger charge is 2.27. The fraction of sp³-hybridized carbons (Fsp3) is 0.207. The maximum absolute atomic E-state index is 6.19. The maximum Gasteiger partial charge on any atom is 0.141 e. The zero-order valence-corrected chi connectivity index (χ0v) is 21.3. The van der Waals surface area contributed by atoms with Crippen molar-refractivity contribution in [1.82, 2.24) is 9.80 Å². The topological polar surface area (TPSA) is 28.1 Å². The number of amidine groups is 1. The van der Waals surface area contributed by atoms with Crippen LogP contribution in [0.1, 0.15) is 23.6 Å². The molecule has 0 saturated heterocycles. The number of aliphatic imine (C=N–C) groups is 1. The van der Waals surface area contributed by atoms with Gasteiger partial charge in [0, 0.05) is 31.5 Å². The largest absolute Gasteiger partial charge is 0.488 e. The van der Waals surface area contributed by atoms with Crippen LogP contribution in [0.5, 0.6) is 5.75 Å². The van der Waals surface area contributed by atoms with Gasteiger partial charge in [0.05, 0.1) is 17.1 Å². The highest BCUT2D eigenvalue weighted by molar-refractivity contribution is 7.28. The lowest BCUT2D eigenvalue weighted by Gasteiger charge is -2.36. The first-order valence-electron chi connectivity index (χ1n) is 11.5. The molecule has 3 aromatic rings. The van der Waals surface area contributed by atoms with Gasteiger partial charge in [-0.3, -0.25) is 0 Å². The molecule has 0 bridgehead atoms. The molecule has 1 unspecified atom stereocenters. The summed E-state index contributed by atoms with van der Waals surface area (Å²) in [5.74, 6) is 1.74. The number of benzene rings is 3. The first kappa shape index (κ1) is 23.8. The fourth-order valence-corrected chi connectivity index (χ4v) is 4.66. The van der Waals surface area contributed by atoms with Crippen molar-refractivity contribution < 1.29 is 4.74 Å². The summed E-state index contributed by atoms with van der Waals surface area (Å²) in [7, 11) is 6.95. The molecule has 0 aromatic heterocycles. The molecule has 0 amide bonds. The number of hydrogen-bond donors (Lipinski definition) is 0. The third kappa shape index (κ3) is 5.24. The molecule has 174 valence electrons. The summed E-state index contributed by atoms with van der Waals surface area (Å²) in [6.45, 7) is 7.82. The highest BCUT2D eigenvalue weighted by Crippen LogP contribution is 2.29. The van der Waals surface area contributed by atoms with E-state index in [0.717, 1.165) is 58.1 Å². The second-order valence-corrected chi connectivity index (χ2v) is 9.17. The normalized spacial score (nSPS) is 13.7. The quantitative estimate of drug-likeness (QED) is 0.415. The number of hydrogen-bond acceptors (Lipinski definition) is 4. The third-order valence-electron chi connectivity index (χ3n) is 5.93. The van der Waals surface area contributed by atoms with Crippen molar-refractivity contribution >= 4 is 20.4 Å². The van der Waals surface area contributed by atoms with E-state index in [0.29, 0.717) is 6.61 Å². The van der Waals surface area contributed by atoms with E-state index in [4.69, 9.17) is 9.73 Å². The van der Waals surface area contributed by atoms with Crippen LogP contribution >= 0.6 is 9.24 Å². The van der Waals surface area contributed by atoms with Crippen LogP contribution in [0.2, 0.25) is 0 Å². The summed E-state index contributed by atoms with van der Waals surface area (Å²) in [4.78, 5) is 9.40. The average Bonchev–Trinajstić information content (AvgIpc) is 2.84. The Bertz CT molecular complexity index is 1220. The van der Waals surface area contributed by atoms with Gasteiger partial charge in [-0.1, -0.05) is 79.4 Å². The third-order valence-corrected chi connectivity index (χ3v) is 6.52. The standard InChI is InChI=1S/C29H32N3OP/c1-21-27(31(3)4)22(2)32(19-18-23-12-7-5-8-13-23)29(30-21)25-16-11-17-26(28(25)34)33-20-24-14-9-6-10-15-24/h5-17H,2,18-20,34H2,1,3-4H3. The molecule has 0 N–H and O–H groups in total. The van der Waals surface area contributed by atoms with Crippen molar-refractivity contribution in [2.24, 2.45) is 4.99 Å². The summed E-state index contributed by atoms with van der Waals surface area (Å²) in [6, 6.07) is 26.9. The Morgan fingerprint density at radius 3 is 2.21 bits per heavy atom. The summed E-state index contributed by atoms with van der Waals surface area (Å²) >= 11 is 0. The van der Waals surface area contributed by atoms with Gasteiger partial charge in [0.25, 0.3) is 0 Å². The summed E-state index contributed by atoms with van der Waals surface area (Å²) in [5, 5.41) is 0.996. The van der Waals surface area contributed by atoms with E-state index in [1.807, 2.05) is 57.4 Å². The van der Waals surface area contributed by atoms with Gasteiger partial charge in [0.2, 0.25) is 0 Å². The average molecular weight is 470 g/mol. The van der Waals surface area contributed by atoms with E-state index >= 15 is 0 Å². The van der Waals surface area contributed by atoms with E-state index < -0.39 is 0 Å². The lowest BCUT2D eigenvalue weighted by Crippen LogP contribution is -2.40. The monoisotopic (exact) mass is 469 g/mol. The van der Waals surface area contributed by atoms with Crippen LogP contribution in [-0.2, 0) is 13.0 Å². The molecule has 4 nitrogen and oxygen atoms in total. The van der Waals surface area contributed by atoms with Gasteiger partial charge in [-0.15, -0.1) is 9.24 Å². The Labute approximate surface area is 205 Å². The molecule has 0 radical (unpaired) electrons. The maximum atomic E-state index is 6.19. The lowest BCUT2D eigenvalue weighted by molar-refractivity contribution is 0.309. The van der Waals surface area contributed by atoms with E-state index in [1.54, 1.807) is 0 Å². The number of allylic oxidation sites excluding steroid dienone is 1. The lowest BCUT2D eigenvalue weighted by atomic mass is 10.1. The number of ether oxygens (including phenoxy) is 1. The smallest absolute Gasteiger partial charge is 0.141 e. The molecule has 1 aliphatic rings. The summed E-state index contributed by atoms with van der Waals surface area (Å²) in [5.41, 5.74) is 6.43. The number of likely N-dealkylation sites (N-methyl/N-ethyl adjacent to an activating group) is 1. The van der Waals surface area contributed by atoms with Gasteiger partial charge in [-0.25, -0.2) is 4.99 Å². The van der Waals surface area contributed by atoms with Gasteiger partial charge >= 0.3 is 0 Å². The molecule has 1 atom stereocenters. The second-order valence-electron chi connectivity index (χ2n) is 8.59. The molecular weight excluding hydrogens is 437 g/mol. The van der Waals surface area contributed by atoms with Crippen molar-refractivity contribution in [3.8, 4) is 5.75 Å². The molecule has 0 fully saturated rings. The minimum Gasteiger partial charge on any atom is -0.488 e. The van der Waals surface area contributed by atoms with E-state index in [9.17, 15) is 0 Å². The van der Waals surface area contributed by atoms with Gasteiger partial charge in [-0.05, 0) is 30.5 Å². The van der Waals surface area contributed by atoms with Crippen molar-refractivity contribution in [2.45, 2.75) is 20.0 Å². The molecule has 0 spiro atoms. The Morgan fingerprint density at radius 1 is 0.912 bits per heavy atom. The van der Waals surface area contributed by atoms with E-state index in [1.165, 1.54) is 5.56 Å². The van der Waals surface area contributed by atoms with E-state index in [2.05, 4.69) is 68.1 Å². The SMILES string of the molecule is C=C1C(N(C)C)=C(C)N=C(c2cccc(OCc3ccccc3)c2P)N1CCc1ccccc1. The molecule has 0 aliphatic carbocycles. The predicted molar refractivity (Wildman–Crippen MR) is 145 cm³/mol. The molecule has 5 heteroatoms. The Kier molecular flexibility index (Phi) is 7.49. The minimum atomic E-state index is 0.520. The van der Waals surface area contributed by atoms with Gasteiger partial charge in [0.1, 0.15) is 18.2 Å². The van der Waals surface area contributed by atoms with Crippen LogP contribution in [-0.4, -0.2) is 36.3 Å². The molecule has 1 heterocycles. The second kappa shape index (κ2) is 10.7. The van der Waals surface area contributed by atoms with Crippen LogP contribution in [0, 0.1) is 0 Å². The zero-order valence-electron chi connectivity index (χ0n) is 20.2. The fourth-order valence-electron chi connectivity index (χ4n) is 4.25. The Morgan fingerprint density at radius 2 is 1.56 bits per heavy atom. The Balaban J connectivity index is 1.67. The van der Waals surface area contributed by atoms with Crippen LogP contribution in [0.3, 0.4) is 0 Å². The van der Waals surface area contributed by atoms with Crippen LogP contribution in [0.25, 0.3) is 0 Å². The molecule has 34 heavy (non-hydrogen) atoms. The summed E-state index contributed by atoms with van der Waals surface area (Å²) in [6.07, 6.45) is 0.898. The predicted octanol–water partition coefficient (Wildman–Crippen LogP) is 5.38. The molecule has 0 saturated carbocycles. The first-order chi connectivity index (χ1) is 16.5. The summed E-state index contributed by atoms with van der Waals surface area (Å²) < 4.78 is 6.19. The van der Waals surface area contributed by atoms with Crippen molar-refractivity contribution in [3.63, 3.8) is 0 Å². The first-order valence-corrected chi connectivity index (χ1v) is 12.1.